The number of pyridine rings is 2. The molecule has 0 radical (unpaired) electrons. The van der Waals surface area contributed by atoms with E-state index < -0.39 is 5.97 Å². The zero-order chi connectivity index (χ0) is 26.1. The first-order chi connectivity index (χ1) is 17.9. The highest BCUT2D eigenvalue weighted by Gasteiger charge is 2.22. The topological polar surface area (TPSA) is 107 Å². The van der Waals surface area contributed by atoms with Gasteiger partial charge < -0.3 is 10.0 Å². The number of carboxylic acids is 1. The zero-order valence-electron chi connectivity index (χ0n) is 20.0. The van der Waals surface area contributed by atoms with Gasteiger partial charge in [-0.05, 0) is 48.9 Å². The number of carboxylic acid groups (broad SMARTS) is 1. The molecule has 1 aromatic carbocycles. The Kier molecular flexibility index (Phi) is 6.38. The second-order valence-electron chi connectivity index (χ2n) is 8.34. The number of thiazole rings is 1. The number of benzene rings is 1. The molecule has 0 aliphatic heterocycles. The molecule has 5 rings (SSSR count). The summed E-state index contributed by atoms with van der Waals surface area (Å²) >= 11 is 1.26. The van der Waals surface area contributed by atoms with Crippen LogP contribution < -0.4 is 4.90 Å². The lowest BCUT2D eigenvalue weighted by Crippen LogP contribution is -2.13. The van der Waals surface area contributed by atoms with Gasteiger partial charge in [0.2, 0.25) is 0 Å². The van der Waals surface area contributed by atoms with E-state index in [0.717, 1.165) is 28.3 Å². The lowest BCUT2D eigenvalue weighted by atomic mass is 10.1. The van der Waals surface area contributed by atoms with Crippen molar-refractivity contribution in [2.45, 2.75) is 19.8 Å². The van der Waals surface area contributed by atoms with Crippen LogP contribution in [0, 0.1) is 17.1 Å². The molecule has 0 fully saturated rings. The summed E-state index contributed by atoms with van der Waals surface area (Å²) in [5, 5.41) is 19.3. The maximum Gasteiger partial charge on any atom is 0.309 e. The first-order valence-corrected chi connectivity index (χ1v) is 12.3. The van der Waals surface area contributed by atoms with Crippen LogP contribution in [0.25, 0.3) is 28.0 Å². The first-order valence-electron chi connectivity index (χ1n) is 11.5. The third-order valence-electron chi connectivity index (χ3n) is 5.93. The van der Waals surface area contributed by atoms with Crippen LogP contribution in [-0.4, -0.2) is 37.5 Å². The molecule has 0 atom stereocenters. The molecule has 0 unspecified atom stereocenters. The number of aliphatic carboxylic acids is 1. The lowest BCUT2D eigenvalue weighted by Gasteiger charge is -2.17. The van der Waals surface area contributed by atoms with Crippen molar-refractivity contribution in [3.05, 3.63) is 83.0 Å². The summed E-state index contributed by atoms with van der Waals surface area (Å²) in [6.07, 6.45) is 4.17. The van der Waals surface area contributed by atoms with Crippen LogP contribution in [0.15, 0.2) is 60.9 Å². The molecule has 5 aromatic rings. The average molecular weight is 513 g/mol. The number of anilines is 2. The van der Waals surface area contributed by atoms with Crippen molar-refractivity contribution in [1.82, 2.24) is 19.4 Å². The number of imidazole rings is 1. The number of nitrogens with zero attached hydrogens (tertiary/aromatic N) is 6. The minimum absolute atomic E-state index is 0.131. The van der Waals surface area contributed by atoms with Crippen molar-refractivity contribution in [2.75, 3.05) is 11.9 Å². The molecule has 4 heterocycles. The van der Waals surface area contributed by atoms with Crippen molar-refractivity contribution in [2.24, 2.45) is 0 Å². The highest BCUT2D eigenvalue weighted by Crippen LogP contribution is 2.37. The van der Waals surface area contributed by atoms with Gasteiger partial charge in [0.05, 0.1) is 17.8 Å². The van der Waals surface area contributed by atoms with Gasteiger partial charge in [0, 0.05) is 36.1 Å². The summed E-state index contributed by atoms with van der Waals surface area (Å²) in [5.74, 6) is -0.460. The van der Waals surface area contributed by atoms with Gasteiger partial charge in [-0.3, -0.25) is 14.2 Å². The van der Waals surface area contributed by atoms with Crippen LogP contribution >= 0.6 is 11.3 Å². The normalized spacial score (nSPS) is 11.0. The number of aryl methyl sites for hydroxylation is 1. The molecule has 10 heteroatoms. The zero-order valence-corrected chi connectivity index (χ0v) is 20.8. The second-order valence-corrected chi connectivity index (χ2v) is 9.32. The molecule has 8 nitrogen and oxygen atoms in total. The Morgan fingerprint density at radius 1 is 1.11 bits per heavy atom. The number of nitriles is 1. The summed E-state index contributed by atoms with van der Waals surface area (Å²) in [6, 6.07) is 15.6. The van der Waals surface area contributed by atoms with Gasteiger partial charge in [0.1, 0.15) is 33.9 Å². The van der Waals surface area contributed by atoms with Crippen LogP contribution in [0.4, 0.5) is 15.3 Å². The quantitative estimate of drug-likeness (QED) is 0.307. The van der Waals surface area contributed by atoms with E-state index in [1.54, 1.807) is 24.4 Å². The van der Waals surface area contributed by atoms with Crippen molar-refractivity contribution < 1.29 is 14.3 Å². The number of hydrogen-bond donors (Lipinski definition) is 1. The van der Waals surface area contributed by atoms with Crippen molar-refractivity contribution in [1.29, 1.82) is 5.26 Å². The third kappa shape index (κ3) is 4.64. The molecule has 37 heavy (non-hydrogen) atoms. The van der Waals surface area contributed by atoms with E-state index >= 15 is 0 Å². The largest absolute Gasteiger partial charge is 0.481 e. The number of hydrogen-bond acceptors (Lipinski definition) is 7. The minimum Gasteiger partial charge on any atom is -0.481 e. The van der Waals surface area contributed by atoms with Crippen LogP contribution in [0.1, 0.15) is 23.2 Å². The predicted molar refractivity (Wildman–Crippen MR) is 139 cm³/mol. The Morgan fingerprint density at radius 3 is 2.49 bits per heavy atom. The van der Waals surface area contributed by atoms with Gasteiger partial charge in [0.15, 0.2) is 5.13 Å². The Bertz CT molecular complexity index is 1650. The first kappa shape index (κ1) is 24.1. The van der Waals surface area contributed by atoms with E-state index in [0.29, 0.717) is 33.4 Å². The SMILES string of the molecule is CCc1nc2ccc(-c3ccc(CC(=O)O)nc3)cn2c1N(C)c1nc(-c2ccc(F)cc2)c(C#N)s1. The minimum atomic E-state index is -0.927. The molecule has 0 saturated heterocycles. The molecular weight excluding hydrogens is 491 g/mol. The Labute approximate surface area is 215 Å². The van der Waals surface area contributed by atoms with Gasteiger partial charge in [-0.1, -0.05) is 24.3 Å². The van der Waals surface area contributed by atoms with Gasteiger partial charge in [0.25, 0.3) is 0 Å². The predicted octanol–water partition coefficient (Wildman–Crippen LogP) is 5.49. The van der Waals surface area contributed by atoms with Gasteiger partial charge in [-0.15, -0.1) is 0 Å². The fourth-order valence-corrected chi connectivity index (χ4v) is 4.97. The number of carbonyl (C=O) groups is 1. The molecule has 0 aliphatic carbocycles. The molecular formula is C27H21FN6O2S. The van der Waals surface area contributed by atoms with Crippen LogP contribution in [0.3, 0.4) is 0 Å². The molecule has 0 saturated carbocycles. The fourth-order valence-electron chi connectivity index (χ4n) is 4.12. The highest BCUT2D eigenvalue weighted by molar-refractivity contribution is 7.16. The average Bonchev–Trinajstić information content (AvgIpc) is 3.50. The maximum absolute atomic E-state index is 13.4. The smallest absolute Gasteiger partial charge is 0.309 e. The van der Waals surface area contributed by atoms with E-state index in [1.165, 1.54) is 23.5 Å². The Morgan fingerprint density at radius 2 is 1.84 bits per heavy atom. The summed E-state index contributed by atoms with van der Waals surface area (Å²) in [7, 11) is 1.88. The number of halogens is 1. The third-order valence-corrected chi connectivity index (χ3v) is 6.96. The molecule has 0 aliphatic rings. The molecule has 0 amide bonds. The summed E-state index contributed by atoms with van der Waals surface area (Å²) in [6.45, 7) is 2.03. The molecule has 184 valence electrons. The summed E-state index contributed by atoms with van der Waals surface area (Å²) < 4.78 is 15.4. The standard InChI is InChI=1S/C27H21FN6O2S/c1-3-21-26(33(2)27-32-25(22(13-29)37-27)16-4-8-19(28)9-5-16)34-15-18(7-11-23(34)31-21)17-6-10-20(30-14-17)12-24(35)36/h4-11,14-15H,3,12H2,1-2H3,(H,35,36). The molecule has 1 N–H and O–H groups in total. The highest BCUT2D eigenvalue weighted by atomic mass is 32.1. The van der Waals surface area contributed by atoms with Crippen LogP contribution in [-0.2, 0) is 17.6 Å². The van der Waals surface area contributed by atoms with Crippen molar-refractivity contribution >= 4 is 33.9 Å². The van der Waals surface area contributed by atoms with E-state index in [-0.39, 0.29) is 12.2 Å². The molecule has 0 bridgehead atoms. The van der Waals surface area contributed by atoms with Crippen molar-refractivity contribution in [3.63, 3.8) is 0 Å². The summed E-state index contributed by atoms with van der Waals surface area (Å²) in [4.78, 5) is 27.1. The Balaban J connectivity index is 1.56. The number of fused-ring (bicyclic) bond motifs is 1. The summed E-state index contributed by atoms with van der Waals surface area (Å²) in [5.41, 5.74) is 5.03. The monoisotopic (exact) mass is 512 g/mol. The maximum atomic E-state index is 13.4. The van der Waals surface area contributed by atoms with E-state index in [9.17, 15) is 14.4 Å². The van der Waals surface area contributed by atoms with E-state index in [4.69, 9.17) is 15.1 Å². The van der Waals surface area contributed by atoms with Gasteiger partial charge >= 0.3 is 5.97 Å². The van der Waals surface area contributed by atoms with Crippen LogP contribution in [0.2, 0.25) is 0 Å². The van der Waals surface area contributed by atoms with Crippen molar-refractivity contribution in [3.8, 4) is 28.5 Å². The number of rotatable bonds is 7. The van der Waals surface area contributed by atoms with Gasteiger partial charge in [-0.2, -0.15) is 5.26 Å². The molecule has 4 aromatic heterocycles. The second kappa shape index (κ2) is 9.79. The van der Waals surface area contributed by atoms with Gasteiger partial charge in [-0.25, -0.2) is 14.4 Å². The molecule has 0 spiro atoms. The lowest BCUT2D eigenvalue weighted by molar-refractivity contribution is -0.136. The van der Waals surface area contributed by atoms with Crippen LogP contribution in [0.5, 0.6) is 0 Å². The van der Waals surface area contributed by atoms with E-state index in [2.05, 4.69) is 11.1 Å². The number of aromatic nitrogens is 4. The van der Waals surface area contributed by atoms with E-state index in [1.807, 2.05) is 47.7 Å². The Hall–Kier alpha value is -4.62. The fraction of sp³-hybridized carbons (Fsp3) is 0.148.